The number of carbonyl (C=O) groups is 1. The van der Waals surface area contributed by atoms with E-state index in [4.69, 9.17) is 15.2 Å². The molecule has 0 saturated carbocycles. The Labute approximate surface area is 142 Å². The first kappa shape index (κ1) is 16.5. The van der Waals surface area contributed by atoms with Crippen LogP contribution < -0.4 is 15.4 Å². The fraction of sp³-hybridized carbons (Fsp3) is 0.316. The van der Waals surface area contributed by atoms with Crippen molar-refractivity contribution in [1.29, 1.82) is 0 Å². The van der Waals surface area contributed by atoms with Gasteiger partial charge in [0, 0.05) is 19.6 Å². The zero-order valence-electron chi connectivity index (χ0n) is 13.7. The van der Waals surface area contributed by atoms with Crippen LogP contribution in [0.15, 0.2) is 54.6 Å². The molecule has 2 N–H and O–H groups in total. The van der Waals surface area contributed by atoms with Crippen LogP contribution in [0.4, 0.5) is 5.69 Å². The van der Waals surface area contributed by atoms with Crippen molar-refractivity contribution in [2.45, 2.75) is 18.6 Å². The molecule has 0 fully saturated rings. The van der Waals surface area contributed by atoms with Crippen LogP contribution in [0.3, 0.4) is 0 Å². The van der Waals surface area contributed by atoms with Crippen molar-refractivity contribution in [3.63, 3.8) is 0 Å². The molecule has 1 aliphatic rings. The summed E-state index contributed by atoms with van der Waals surface area (Å²) < 4.78 is 11.2. The second kappa shape index (κ2) is 7.47. The molecule has 0 aromatic heterocycles. The second-order valence-electron chi connectivity index (χ2n) is 5.86. The molecule has 24 heavy (non-hydrogen) atoms. The first-order valence-electron chi connectivity index (χ1n) is 8.04. The second-order valence-corrected chi connectivity index (χ2v) is 5.86. The van der Waals surface area contributed by atoms with E-state index in [9.17, 15) is 4.79 Å². The maximum Gasteiger partial charge on any atom is 0.229 e. The number of benzene rings is 2. The minimum atomic E-state index is -0.337. The summed E-state index contributed by atoms with van der Waals surface area (Å²) in [6.07, 6.45) is 0.0590. The molecule has 1 aliphatic heterocycles. The highest BCUT2D eigenvalue weighted by Gasteiger charge is 2.28. The first-order valence-corrected chi connectivity index (χ1v) is 8.04. The number of rotatable bonds is 4. The number of hydrogen-bond donors (Lipinski definition) is 1. The van der Waals surface area contributed by atoms with Crippen molar-refractivity contribution in [3.05, 3.63) is 60.2 Å². The summed E-state index contributed by atoms with van der Waals surface area (Å²) in [5, 5.41) is 0. The molecule has 0 bridgehead atoms. The Kier molecular flexibility index (Phi) is 5.13. The molecule has 2 aromatic carbocycles. The van der Waals surface area contributed by atoms with E-state index in [1.54, 1.807) is 12.0 Å². The maximum absolute atomic E-state index is 12.9. The lowest BCUT2D eigenvalue weighted by molar-refractivity contribution is -0.119. The van der Waals surface area contributed by atoms with Crippen molar-refractivity contribution in [3.8, 4) is 5.75 Å². The highest BCUT2D eigenvalue weighted by atomic mass is 16.5. The molecular weight excluding hydrogens is 304 g/mol. The average Bonchev–Trinajstić information content (AvgIpc) is 2.82. The van der Waals surface area contributed by atoms with E-state index in [1.807, 2.05) is 54.6 Å². The largest absolute Gasteiger partial charge is 0.489 e. The Balaban J connectivity index is 1.81. The summed E-state index contributed by atoms with van der Waals surface area (Å²) >= 11 is 0. The molecule has 2 aromatic rings. The minimum absolute atomic E-state index is 0.0358. The van der Waals surface area contributed by atoms with Crippen molar-refractivity contribution in [2.75, 3.05) is 25.2 Å². The third-order valence-electron chi connectivity index (χ3n) is 4.22. The molecule has 5 heteroatoms. The van der Waals surface area contributed by atoms with Crippen LogP contribution in [0.25, 0.3) is 0 Å². The fourth-order valence-electron chi connectivity index (χ4n) is 2.83. The zero-order valence-corrected chi connectivity index (χ0v) is 13.7. The first-order chi connectivity index (χ1) is 11.7. The minimum Gasteiger partial charge on any atom is -0.489 e. The van der Waals surface area contributed by atoms with Gasteiger partial charge in [0.05, 0.1) is 12.2 Å². The molecule has 126 valence electrons. The normalized spacial score (nSPS) is 18.2. The quantitative estimate of drug-likeness (QED) is 0.937. The van der Waals surface area contributed by atoms with Gasteiger partial charge in [-0.25, -0.2) is 0 Å². The predicted molar refractivity (Wildman–Crippen MR) is 93.1 cm³/mol. The van der Waals surface area contributed by atoms with Crippen LogP contribution >= 0.6 is 0 Å². The number of fused-ring (bicyclic) bond motifs is 1. The fourth-order valence-corrected chi connectivity index (χ4v) is 2.83. The van der Waals surface area contributed by atoms with Crippen molar-refractivity contribution < 1.29 is 14.3 Å². The molecular formula is C19H22N2O3. The molecule has 0 spiro atoms. The Morgan fingerprint density at radius 2 is 1.96 bits per heavy atom. The van der Waals surface area contributed by atoms with Gasteiger partial charge in [-0.15, -0.1) is 0 Å². The standard InChI is InChI=1S/C19H22N2O3/c1-23-15-12-21(17-9-5-6-10-18(17)24-13-15)19(22)11-16(20)14-7-3-2-4-8-14/h2-10,15-16H,11-13,20H2,1H3. The Hall–Kier alpha value is -2.37. The molecule has 0 saturated heterocycles. The van der Waals surface area contributed by atoms with Crippen molar-refractivity contribution in [1.82, 2.24) is 0 Å². The van der Waals surface area contributed by atoms with E-state index in [0.717, 1.165) is 11.3 Å². The zero-order chi connectivity index (χ0) is 16.9. The molecule has 0 radical (unpaired) electrons. The van der Waals surface area contributed by atoms with Crippen molar-refractivity contribution in [2.24, 2.45) is 5.73 Å². The molecule has 1 heterocycles. The van der Waals surface area contributed by atoms with E-state index >= 15 is 0 Å². The van der Waals surface area contributed by atoms with Crippen LogP contribution in [-0.2, 0) is 9.53 Å². The van der Waals surface area contributed by atoms with Gasteiger partial charge in [-0.3, -0.25) is 4.79 Å². The van der Waals surface area contributed by atoms with Crippen LogP contribution in [0.5, 0.6) is 5.75 Å². The van der Waals surface area contributed by atoms with Gasteiger partial charge in [-0.05, 0) is 17.7 Å². The van der Waals surface area contributed by atoms with Crippen molar-refractivity contribution >= 4 is 11.6 Å². The Bertz CT molecular complexity index is 690. The van der Waals surface area contributed by atoms with Gasteiger partial charge >= 0.3 is 0 Å². The summed E-state index contributed by atoms with van der Waals surface area (Å²) in [6, 6.07) is 16.9. The lowest BCUT2D eigenvalue weighted by atomic mass is 10.0. The van der Waals surface area contributed by atoms with E-state index in [2.05, 4.69) is 0 Å². The molecule has 1 amide bonds. The average molecular weight is 326 g/mol. The highest BCUT2D eigenvalue weighted by molar-refractivity contribution is 5.95. The lowest BCUT2D eigenvalue weighted by Crippen LogP contribution is -2.39. The molecule has 2 atom stereocenters. The van der Waals surface area contributed by atoms with Gasteiger partial charge in [-0.1, -0.05) is 42.5 Å². The van der Waals surface area contributed by atoms with Crippen LogP contribution in [0.1, 0.15) is 18.0 Å². The monoisotopic (exact) mass is 326 g/mol. The summed E-state index contributed by atoms with van der Waals surface area (Å²) in [7, 11) is 1.63. The predicted octanol–water partition coefficient (Wildman–Crippen LogP) is 2.52. The van der Waals surface area contributed by atoms with Gasteiger partial charge < -0.3 is 20.1 Å². The molecule has 3 rings (SSSR count). The number of nitrogens with zero attached hydrogens (tertiary/aromatic N) is 1. The number of ether oxygens (including phenoxy) is 2. The summed E-state index contributed by atoms with van der Waals surface area (Å²) in [5.41, 5.74) is 7.94. The third-order valence-corrected chi connectivity index (χ3v) is 4.22. The number of carbonyl (C=O) groups excluding carboxylic acids is 1. The van der Waals surface area contributed by atoms with E-state index in [-0.39, 0.29) is 24.5 Å². The number of nitrogens with two attached hydrogens (primary N) is 1. The van der Waals surface area contributed by atoms with Gasteiger partial charge in [-0.2, -0.15) is 0 Å². The topological polar surface area (TPSA) is 64.8 Å². The van der Waals surface area contributed by atoms with Gasteiger partial charge in [0.15, 0.2) is 0 Å². The Morgan fingerprint density at radius 1 is 1.25 bits per heavy atom. The Morgan fingerprint density at radius 3 is 2.71 bits per heavy atom. The maximum atomic E-state index is 12.9. The number of methoxy groups -OCH3 is 1. The summed E-state index contributed by atoms with van der Waals surface area (Å²) in [6.45, 7) is 0.871. The summed E-state index contributed by atoms with van der Waals surface area (Å²) in [4.78, 5) is 14.6. The number of anilines is 1. The smallest absolute Gasteiger partial charge is 0.229 e. The molecule has 2 unspecified atom stereocenters. The highest BCUT2D eigenvalue weighted by Crippen LogP contribution is 2.32. The number of para-hydroxylation sites is 2. The lowest BCUT2D eigenvalue weighted by Gasteiger charge is -2.25. The van der Waals surface area contributed by atoms with Crippen LogP contribution in [-0.4, -0.2) is 32.3 Å². The number of hydrogen-bond acceptors (Lipinski definition) is 4. The van der Waals surface area contributed by atoms with Crippen LogP contribution in [0, 0.1) is 0 Å². The van der Waals surface area contributed by atoms with Gasteiger partial charge in [0.1, 0.15) is 18.5 Å². The SMILES string of the molecule is COC1COc2ccccc2N(C(=O)CC(N)c2ccccc2)C1. The van der Waals surface area contributed by atoms with Crippen LogP contribution in [0.2, 0.25) is 0 Å². The van der Waals surface area contributed by atoms with E-state index < -0.39 is 0 Å². The third kappa shape index (κ3) is 3.58. The summed E-state index contributed by atoms with van der Waals surface area (Å²) in [5.74, 6) is 0.657. The van der Waals surface area contributed by atoms with Gasteiger partial charge in [0.25, 0.3) is 0 Å². The molecule has 0 aliphatic carbocycles. The van der Waals surface area contributed by atoms with E-state index in [1.165, 1.54) is 0 Å². The van der Waals surface area contributed by atoms with Gasteiger partial charge in [0.2, 0.25) is 5.91 Å². The molecule has 5 nitrogen and oxygen atoms in total. The number of amides is 1. The van der Waals surface area contributed by atoms with E-state index in [0.29, 0.717) is 18.9 Å².